The number of nitrogens with one attached hydrogen (secondary N) is 1. The molecule has 19 heavy (non-hydrogen) atoms. The lowest BCUT2D eigenvalue weighted by Crippen LogP contribution is -2.50. The summed E-state index contributed by atoms with van der Waals surface area (Å²) in [6, 6.07) is -1.41. The Labute approximate surface area is 110 Å². The van der Waals surface area contributed by atoms with Crippen molar-refractivity contribution in [3.05, 3.63) is 0 Å². The van der Waals surface area contributed by atoms with Crippen LogP contribution < -0.4 is 5.32 Å². The van der Waals surface area contributed by atoms with Crippen LogP contribution in [0.15, 0.2) is 0 Å². The lowest BCUT2D eigenvalue weighted by atomic mass is 10.3. The smallest absolute Gasteiger partial charge is 0.454 e. The number of rotatable bonds is 8. The topological polar surface area (TPSA) is 49.3 Å². The fraction of sp³-hybridized carbons (Fsp3) is 0.900. The molecule has 0 bridgehead atoms. The van der Waals surface area contributed by atoms with E-state index in [0.717, 1.165) is 12.8 Å². The highest BCUT2D eigenvalue weighted by molar-refractivity contribution is 7.99. The third-order valence-electron chi connectivity index (χ3n) is 2.62. The largest absolute Gasteiger partial charge is 0.480 e. The van der Waals surface area contributed by atoms with Crippen molar-refractivity contribution < 1.29 is 31.9 Å². The lowest BCUT2D eigenvalue weighted by Gasteiger charge is -2.22. The molecule has 0 aliphatic heterocycles. The maximum absolute atomic E-state index is 12.6. The summed E-state index contributed by atoms with van der Waals surface area (Å²) in [7, 11) is 0. The molecule has 112 valence electrons. The molecular weight excluding hydrogens is 293 g/mol. The van der Waals surface area contributed by atoms with Gasteiger partial charge in [0.25, 0.3) is 0 Å². The van der Waals surface area contributed by atoms with E-state index < -0.39 is 30.7 Å². The van der Waals surface area contributed by atoms with Crippen LogP contribution in [0.2, 0.25) is 0 Å². The van der Waals surface area contributed by atoms with Crippen LogP contribution >= 0.6 is 11.8 Å². The number of halogens is 5. The van der Waals surface area contributed by atoms with Crippen LogP contribution in [0, 0.1) is 5.92 Å². The van der Waals surface area contributed by atoms with Crippen molar-refractivity contribution in [1.29, 1.82) is 0 Å². The van der Waals surface area contributed by atoms with Gasteiger partial charge in [0.15, 0.2) is 0 Å². The Morgan fingerprint density at radius 2 is 1.89 bits per heavy atom. The summed E-state index contributed by atoms with van der Waals surface area (Å²) < 4.78 is 61.0. The summed E-state index contributed by atoms with van der Waals surface area (Å²) in [4.78, 5) is 10.8. The molecular formula is C10H14F5NO2S. The normalized spacial score (nSPS) is 18.4. The van der Waals surface area contributed by atoms with Gasteiger partial charge in [-0.05, 0) is 24.5 Å². The molecule has 1 saturated carbocycles. The number of carbonyl (C=O) groups is 1. The highest BCUT2D eigenvalue weighted by Crippen LogP contribution is 2.35. The maximum Gasteiger partial charge on any atom is 0.454 e. The van der Waals surface area contributed by atoms with Gasteiger partial charge in [0.2, 0.25) is 0 Å². The Balaban J connectivity index is 2.37. The highest BCUT2D eigenvalue weighted by Gasteiger charge is 2.57. The van der Waals surface area contributed by atoms with E-state index in [-0.39, 0.29) is 5.75 Å². The zero-order chi connectivity index (χ0) is 14.7. The first-order valence-corrected chi connectivity index (χ1v) is 6.77. The molecule has 0 heterocycles. The number of carboxylic acid groups (broad SMARTS) is 1. The summed E-state index contributed by atoms with van der Waals surface area (Å²) in [6.45, 7) is -1.72. The van der Waals surface area contributed by atoms with Gasteiger partial charge in [-0.2, -0.15) is 33.7 Å². The van der Waals surface area contributed by atoms with Crippen LogP contribution in [0.25, 0.3) is 0 Å². The van der Waals surface area contributed by atoms with Gasteiger partial charge in [-0.25, -0.2) is 0 Å². The van der Waals surface area contributed by atoms with Crippen LogP contribution in [0.3, 0.4) is 0 Å². The summed E-state index contributed by atoms with van der Waals surface area (Å²) in [6.07, 6.45) is -3.56. The lowest BCUT2D eigenvalue weighted by molar-refractivity contribution is -0.279. The van der Waals surface area contributed by atoms with Gasteiger partial charge in [-0.1, -0.05) is 0 Å². The summed E-state index contributed by atoms with van der Waals surface area (Å²) in [5.41, 5.74) is 0. The fourth-order valence-corrected chi connectivity index (χ4v) is 2.51. The van der Waals surface area contributed by atoms with Gasteiger partial charge in [0.1, 0.15) is 6.04 Å². The Bertz CT molecular complexity index is 320. The molecule has 1 aliphatic carbocycles. The average molecular weight is 307 g/mol. The van der Waals surface area contributed by atoms with E-state index in [1.165, 1.54) is 11.8 Å². The number of thioether (sulfide) groups is 1. The first-order valence-electron chi connectivity index (χ1n) is 5.62. The van der Waals surface area contributed by atoms with E-state index in [0.29, 0.717) is 11.7 Å². The second-order valence-electron chi connectivity index (χ2n) is 4.45. The molecule has 1 atom stereocenters. The molecule has 1 aliphatic rings. The Morgan fingerprint density at radius 1 is 1.32 bits per heavy atom. The van der Waals surface area contributed by atoms with E-state index in [1.54, 1.807) is 5.32 Å². The maximum atomic E-state index is 12.6. The van der Waals surface area contributed by atoms with Gasteiger partial charge in [-0.15, -0.1) is 0 Å². The third-order valence-corrected chi connectivity index (χ3v) is 3.89. The summed E-state index contributed by atoms with van der Waals surface area (Å²) in [5.74, 6) is -5.15. The fourth-order valence-electron chi connectivity index (χ4n) is 1.21. The minimum absolute atomic E-state index is 0.0280. The number of aliphatic carboxylic acids is 1. The standard InChI is InChI=1S/C10H14F5NO2S/c11-9(12,10(13,14)15)5-16-7(8(17)18)4-19-3-6-1-2-6/h6-7,16H,1-5H2,(H,17,18). The van der Waals surface area contributed by atoms with E-state index in [2.05, 4.69) is 0 Å². The van der Waals surface area contributed by atoms with Crippen molar-refractivity contribution in [1.82, 2.24) is 5.32 Å². The number of carboxylic acids is 1. The van der Waals surface area contributed by atoms with Crippen molar-refractivity contribution in [2.45, 2.75) is 31.0 Å². The SMILES string of the molecule is O=C(O)C(CSCC1CC1)NCC(F)(F)C(F)(F)F. The zero-order valence-electron chi connectivity index (χ0n) is 9.84. The molecule has 2 N–H and O–H groups in total. The Kier molecular flexibility index (Phi) is 5.43. The predicted octanol–water partition coefficient (Wildman–Crippen LogP) is 2.37. The number of alkyl halides is 5. The molecule has 0 aromatic carbocycles. The molecule has 1 fully saturated rings. The van der Waals surface area contributed by atoms with E-state index in [4.69, 9.17) is 5.11 Å². The molecule has 1 unspecified atom stereocenters. The quantitative estimate of drug-likeness (QED) is 0.676. The Hall–Kier alpha value is -0.570. The van der Waals surface area contributed by atoms with Crippen LogP contribution in [0.4, 0.5) is 22.0 Å². The molecule has 3 nitrogen and oxygen atoms in total. The van der Waals surface area contributed by atoms with Crippen molar-refractivity contribution in [2.75, 3.05) is 18.1 Å². The number of hydrogen-bond donors (Lipinski definition) is 2. The Morgan fingerprint density at radius 3 is 2.32 bits per heavy atom. The molecule has 0 spiro atoms. The third kappa shape index (κ3) is 5.52. The molecule has 0 aromatic heterocycles. The molecule has 1 rings (SSSR count). The second-order valence-corrected chi connectivity index (χ2v) is 5.53. The van der Waals surface area contributed by atoms with Crippen LogP contribution in [0.1, 0.15) is 12.8 Å². The zero-order valence-corrected chi connectivity index (χ0v) is 10.7. The van der Waals surface area contributed by atoms with Gasteiger partial charge >= 0.3 is 18.1 Å². The molecule has 9 heteroatoms. The molecule has 0 amide bonds. The monoisotopic (exact) mass is 307 g/mol. The predicted molar refractivity (Wildman–Crippen MR) is 60.5 cm³/mol. The van der Waals surface area contributed by atoms with Gasteiger partial charge in [-0.3, -0.25) is 10.1 Å². The van der Waals surface area contributed by atoms with E-state index >= 15 is 0 Å². The van der Waals surface area contributed by atoms with Crippen LogP contribution in [-0.2, 0) is 4.79 Å². The summed E-state index contributed by atoms with van der Waals surface area (Å²) >= 11 is 1.25. The van der Waals surface area contributed by atoms with Crippen molar-refractivity contribution in [3.8, 4) is 0 Å². The molecule has 0 aromatic rings. The first kappa shape index (κ1) is 16.5. The van der Waals surface area contributed by atoms with Crippen molar-refractivity contribution in [2.24, 2.45) is 5.92 Å². The van der Waals surface area contributed by atoms with Crippen molar-refractivity contribution >= 4 is 17.7 Å². The summed E-state index contributed by atoms with van der Waals surface area (Å²) in [5, 5.41) is 10.5. The first-order chi connectivity index (χ1) is 8.63. The average Bonchev–Trinajstić information content (AvgIpc) is 3.04. The van der Waals surface area contributed by atoms with E-state index in [1.807, 2.05) is 0 Å². The van der Waals surface area contributed by atoms with E-state index in [9.17, 15) is 26.7 Å². The van der Waals surface area contributed by atoms with Gasteiger partial charge in [0.05, 0.1) is 6.54 Å². The highest BCUT2D eigenvalue weighted by atomic mass is 32.2. The van der Waals surface area contributed by atoms with Gasteiger partial charge < -0.3 is 5.11 Å². The van der Waals surface area contributed by atoms with Crippen molar-refractivity contribution in [3.63, 3.8) is 0 Å². The van der Waals surface area contributed by atoms with Crippen LogP contribution in [0.5, 0.6) is 0 Å². The van der Waals surface area contributed by atoms with Gasteiger partial charge in [0, 0.05) is 5.75 Å². The minimum atomic E-state index is -5.68. The molecule has 0 saturated heterocycles. The number of hydrogen-bond acceptors (Lipinski definition) is 3. The van der Waals surface area contributed by atoms with Crippen LogP contribution in [-0.4, -0.2) is 47.3 Å². The minimum Gasteiger partial charge on any atom is -0.480 e. The molecule has 0 radical (unpaired) electrons. The second kappa shape index (κ2) is 6.25.